The summed E-state index contributed by atoms with van der Waals surface area (Å²) in [7, 11) is -3.23. The van der Waals surface area contributed by atoms with Gasteiger partial charge in [0, 0.05) is 7.05 Å². The van der Waals surface area contributed by atoms with Gasteiger partial charge in [-0.1, -0.05) is 12.1 Å². The Morgan fingerprint density at radius 3 is 2.15 bits per heavy atom. The summed E-state index contributed by atoms with van der Waals surface area (Å²) in [5.74, 6) is 0. The third-order valence-electron chi connectivity index (χ3n) is 3.07. The largest absolute Gasteiger partial charge is 0.417 e. The lowest BCUT2D eigenvalue weighted by Gasteiger charge is -2.33. The molecule has 0 unspecified atom stereocenters. The van der Waals surface area contributed by atoms with E-state index in [1.54, 1.807) is 0 Å². The third-order valence-corrected chi connectivity index (χ3v) is 5.20. The average molecular weight is 311 g/mol. The summed E-state index contributed by atoms with van der Waals surface area (Å²) in [4.78, 5) is -0.823. The van der Waals surface area contributed by atoms with Crippen molar-refractivity contribution in [2.24, 2.45) is 0 Å². The van der Waals surface area contributed by atoms with E-state index in [4.69, 9.17) is 0 Å². The maximum absolute atomic E-state index is 12.9. The molecule has 1 aromatic rings. The van der Waals surface area contributed by atoms with Crippen molar-refractivity contribution in [2.75, 3.05) is 13.7 Å². The third kappa shape index (κ3) is 3.13. The quantitative estimate of drug-likeness (QED) is 0.926. The van der Waals surface area contributed by atoms with Crippen LogP contribution in [0.1, 0.15) is 19.4 Å². The Morgan fingerprint density at radius 2 is 1.70 bits per heavy atom. The molecular formula is C12H16F3NO3S. The van der Waals surface area contributed by atoms with Crippen LogP contribution in [0.2, 0.25) is 0 Å². The number of aliphatic hydroxyl groups is 1. The van der Waals surface area contributed by atoms with Gasteiger partial charge in [-0.25, -0.2) is 8.42 Å². The zero-order valence-corrected chi connectivity index (χ0v) is 12.1. The molecule has 0 fully saturated rings. The first-order valence-electron chi connectivity index (χ1n) is 5.70. The molecule has 8 heteroatoms. The van der Waals surface area contributed by atoms with Gasteiger partial charge >= 0.3 is 6.18 Å². The number of nitrogens with zero attached hydrogens (tertiary/aromatic N) is 1. The molecule has 0 aliphatic heterocycles. The first kappa shape index (κ1) is 16.9. The Labute approximate surface area is 115 Å². The molecule has 0 radical (unpaired) electrons. The molecule has 0 saturated carbocycles. The summed E-state index contributed by atoms with van der Waals surface area (Å²) in [5, 5.41) is 9.18. The highest BCUT2D eigenvalue weighted by molar-refractivity contribution is 7.89. The van der Waals surface area contributed by atoms with Gasteiger partial charge in [-0.05, 0) is 26.0 Å². The van der Waals surface area contributed by atoms with E-state index in [2.05, 4.69) is 0 Å². The minimum absolute atomic E-state index is 0.517. The lowest BCUT2D eigenvalue weighted by Crippen LogP contribution is -2.47. The van der Waals surface area contributed by atoms with Gasteiger partial charge < -0.3 is 5.11 Å². The second kappa shape index (κ2) is 5.34. The molecule has 1 aromatic carbocycles. The molecule has 1 N–H and O–H groups in total. The Kier molecular flexibility index (Phi) is 4.52. The van der Waals surface area contributed by atoms with Crippen LogP contribution in [0.4, 0.5) is 13.2 Å². The van der Waals surface area contributed by atoms with Gasteiger partial charge in [-0.3, -0.25) is 0 Å². The van der Waals surface area contributed by atoms with E-state index in [0.717, 1.165) is 23.5 Å². The highest BCUT2D eigenvalue weighted by Gasteiger charge is 2.41. The van der Waals surface area contributed by atoms with E-state index in [0.29, 0.717) is 6.07 Å². The predicted octanol–water partition coefficient (Wildman–Crippen LogP) is 2.10. The Hall–Kier alpha value is -1.12. The number of hydrogen-bond acceptors (Lipinski definition) is 3. The highest BCUT2D eigenvalue weighted by Crippen LogP contribution is 2.36. The number of aliphatic hydroxyl groups excluding tert-OH is 1. The molecule has 0 heterocycles. The first-order valence-corrected chi connectivity index (χ1v) is 7.14. The van der Waals surface area contributed by atoms with Crippen LogP contribution in [-0.4, -0.2) is 37.0 Å². The molecule has 0 spiro atoms. The second-order valence-corrected chi connectivity index (χ2v) is 6.87. The Balaban J connectivity index is 3.45. The fraction of sp³-hybridized carbons (Fsp3) is 0.500. The van der Waals surface area contributed by atoms with Crippen molar-refractivity contribution < 1.29 is 26.7 Å². The standard InChI is InChI=1S/C12H16F3NO3S/c1-11(2,8-17)16(3)20(18,19)10-7-5-4-6-9(10)12(13,14)15/h4-7,17H,8H2,1-3H3. The van der Waals surface area contributed by atoms with Crippen molar-refractivity contribution in [2.45, 2.75) is 30.5 Å². The van der Waals surface area contributed by atoms with Gasteiger partial charge in [-0.2, -0.15) is 17.5 Å². The van der Waals surface area contributed by atoms with E-state index in [-0.39, 0.29) is 0 Å². The minimum Gasteiger partial charge on any atom is -0.394 e. The van der Waals surface area contributed by atoms with Crippen LogP contribution in [0.15, 0.2) is 29.2 Å². The van der Waals surface area contributed by atoms with Crippen molar-refractivity contribution in [1.29, 1.82) is 0 Å². The van der Waals surface area contributed by atoms with Crippen LogP contribution in [0, 0.1) is 0 Å². The molecule has 114 valence electrons. The maximum atomic E-state index is 12.9. The fourth-order valence-electron chi connectivity index (χ4n) is 1.50. The molecule has 0 aromatic heterocycles. The van der Waals surface area contributed by atoms with Crippen LogP contribution < -0.4 is 0 Å². The van der Waals surface area contributed by atoms with Crippen molar-refractivity contribution in [3.8, 4) is 0 Å². The van der Waals surface area contributed by atoms with Gasteiger partial charge in [0.25, 0.3) is 0 Å². The molecule has 0 saturated heterocycles. The van der Waals surface area contributed by atoms with Gasteiger partial charge in [-0.15, -0.1) is 0 Å². The van der Waals surface area contributed by atoms with Crippen molar-refractivity contribution in [3.05, 3.63) is 29.8 Å². The fourth-order valence-corrected chi connectivity index (χ4v) is 3.21. The van der Waals surface area contributed by atoms with Crippen LogP contribution in [0.3, 0.4) is 0 Å². The number of halogens is 3. The summed E-state index contributed by atoms with van der Waals surface area (Å²) >= 11 is 0. The van der Waals surface area contributed by atoms with Crippen LogP contribution >= 0.6 is 0 Å². The number of sulfonamides is 1. The van der Waals surface area contributed by atoms with Crippen molar-refractivity contribution in [3.63, 3.8) is 0 Å². The van der Waals surface area contributed by atoms with Crippen LogP contribution in [0.25, 0.3) is 0 Å². The molecule has 0 bridgehead atoms. The van der Waals surface area contributed by atoms with E-state index in [9.17, 15) is 26.7 Å². The lowest BCUT2D eigenvalue weighted by molar-refractivity contribution is -0.139. The van der Waals surface area contributed by atoms with Crippen LogP contribution in [0.5, 0.6) is 0 Å². The zero-order valence-electron chi connectivity index (χ0n) is 11.3. The summed E-state index contributed by atoms with van der Waals surface area (Å²) < 4.78 is 64.0. The molecular weight excluding hydrogens is 295 g/mol. The molecule has 0 amide bonds. The molecule has 0 aliphatic carbocycles. The topological polar surface area (TPSA) is 57.6 Å². The summed E-state index contributed by atoms with van der Waals surface area (Å²) in [6.45, 7) is 2.32. The molecule has 4 nitrogen and oxygen atoms in total. The number of rotatable bonds is 4. The van der Waals surface area contributed by atoms with Gasteiger partial charge in [0.05, 0.1) is 22.6 Å². The second-order valence-electron chi connectivity index (χ2n) is 4.94. The number of benzene rings is 1. The van der Waals surface area contributed by atoms with Gasteiger partial charge in [0.15, 0.2) is 0 Å². The first-order chi connectivity index (χ1) is 8.94. The van der Waals surface area contributed by atoms with Gasteiger partial charge in [0.2, 0.25) is 10.0 Å². The minimum atomic E-state index is -4.77. The number of likely N-dealkylation sites (N-methyl/N-ethyl adjacent to an activating group) is 1. The maximum Gasteiger partial charge on any atom is 0.417 e. The molecule has 0 aliphatic rings. The van der Waals surface area contributed by atoms with E-state index in [1.165, 1.54) is 19.9 Å². The van der Waals surface area contributed by atoms with Gasteiger partial charge in [0.1, 0.15) is 0 Å². The smallest absolute Gasteiger partial charge is 0.394 e. The summed E-state index contributed by atoms with van der Waals surface area (Å²) in [6.07, 6.45) is -4.77. The monoisotopic (exact) mass is 311 g/mol. The summed E-state index contributed by atoms with van der Waals surface area (Å²) in [5.41, 5.74) is -2.43. The number of alkyl halides is 3. The zero-order chi connectivity index (χ0) is 15.8. The Bertz CT molecular complexity index is 582. The molecule has 20 heavy (non-hydrogen) atoms. The summed E-state index contributed by atoms with van der Waals surface area (Å²) in [6, 6.07) is 3.97. The molecule has 0 atom stereocenters. The lowest BCUT2D eigenvalue weighted by atomic mass is 10.1. The normalized spacial score (nSPS) is 13.8. The highest BCUT2D eigenvalue weighted by atomic mass is 32.2. The Morgan fingerprint density at radius 1 is 1.20 bits per heavy atom. The van der Waals surface area contributed by atoms with E-state index >= 15 is 0 Å². The van der Waals surface area contributed by atoms with E-state index < -0.39 is 38.8 Å². The van der Waals surface area contributed by atoms with Crippen LogP contribution in [-0.2, 0) is 16.2 Å². The number of hydrogen-bond donors (Lipinski definition) is 1. The van der Waals surface area contributed by atoms with Crippen molar-refractivity contribution >= 4 is 10.0 Å². The predicted molar refractivity (Wildman–Crippen MR) is 67.6 cm³/mol. The molecule has 1 rings (SSSR count). The SMILES string of the molecule is CN(C(C)(C)CO)S(=O)(=O)c1ccccc1C(F)(F)F. The van der Waals surface area contributed by atoms with E-state index in [1.807, 2.05) is 0 Å². The van der Waals surface area contributed by atoms with Crippen molar-refractivity contribution in [1.82, 2.24) is 4.31 Å². The average Bonchev–Trinajstić information content (AvgIpc) is 2.36.